The van der Waals surface area contributed by atoms with Gasteiger partial charge >= 0.3 is 0 Å². The fourth-order valence-electron chi connectivity index (χ4n) is 4.09. The van der Waals surface area contributed by atoms with E-state index in [0.29, 0.717) is 59.1 Å². The van der Waals surface area contributed by atoms with Crippen LogP contribution in [0.5, 0.6) is 11.5 Å². The molecule has 0 saturated heterocycles. The van der Waals surface area contributed by atoms with Gasteiger partial charge in [-0.25, -0.2) is 9.37 Å². The summed E-state index contributed by atoms with van der Waals surface area (Å²) in [7, 11) is 4.98. The Balaban J connectivity index is 1.38. The number of hydrogen-bond acceptors (Lipinski definition) is 6. The second kappa shape index (κ2) is 12.6. The summed E-state index contributed by atoms with van der Waals surface area (Å²) in [6, 6.07) is 18.9. The van der Waals surface area contributed by atoms with Gasteiger partial charge in [-0.3, -0.25) is 14.2 Å². The van der Waals surface area contributed by atoms with E-state index in [-0.39, 0.29) is 17.2 Å². The summed E-state index contributed by atoms with van der Waals surface area (Å²) in [4.78, 5) is 32.3. The van der Waals surface area contributed by atoms with Crippen LogP contribution in [0, 0.1) is 5.82 Å². The van der Waals surface area contributed by atoms with E-state index in [4.69, 9.17) is 9.47 Å². The Labute approximate surface area is 225 Å². The predicted octanol–water partition coefficient (Wildman–Crippen LogP) is 5.12. The Bertz CT molecular complexity index is 1490. The number of ether oxygens (including phenoxy) is 2. The number of fused-ring (bicyclic) bond motifs is 1. The third kappa shape index (κ3) is 6.16. The topological polar surface area (TPSA) is 73.7 Å². The molecule has 0 N–H and O–H groups in total. The van der Waals surface area contributed by atoms with Gasteiger partial charge in [-0.2, -0.15) is 0 Å². The van der Waals surface area contributed by atoms with Crippen molar-refractivity contribution in [1.82, 2.24) is 14.5 Å². The number of halogens is 1. The molecule has 0 bridgehead atoms. The predicted molar refractivity (Wildman–Crippen MR) is 148 cm³/mol. The lowest BCUT2D eigenvalue weighted by atomic mass is 10.1. The summed E-state index contributed by atoms with van der Waals surface area (Å²) in [5.74, 6) is 1.41. The molecule has 1 aromatic heterocycles. The van der Waals surface area contributed by atoms with Crippen LogP contribution >= 0.6 is 11.8 Å². The molecule has 3 aromatic carbocycles. The summed E-state index contributed by atoms with van der Waals surface area (Å²) in [5.41, 5.74) is 1.43. The van der Waals surface area contributed by atoms with E-state index in [0.717, 1.165) is 5.56 Å². The van der Waals surface area contributed by atoms with E-state index in [1.807, 2.05) is 24.3 Å². The highest BCUT2D eigenvalue weighted by Gasteiger charge is 2.16. The second-order valence-corrected chi connectivity index (χ2v) is 9.77. The van der Waals surface area contributed by atoms with Crippen molar-refractivity contribution < 1.29 is 18.7 Å². The van der Waals surface area contributed by atoms with Gasteiger partial charge in [0.2, 0.25) is 5.91 Å². The zero-order chi connectivity index (χ0) is 27.1. The Morgan fingerprint density at radius 3 is 2.53 bits per heavy atom. The molecule has 0 spiro atoms. The molecule has 1 heterocycles. The highest BCUT2D eigenvalue weighted by Crippen LogP contribution is 2.28. The van der Waals surface area contributed by atoms with Gasteiger partial charge in [0, 0.05) is 25.8 Å². The Hall–Kier alpha value is -3.85. The minimum atomic E-state index is -0.500. The lowest BCUT2D eigenvalue weighted by Gasteiger charge is -2.18. The number of likely N-dealkylation sites (N-methyl/N-ethyl adjacent to an activating group) is 1. The van der Waals surface area contributed by atoms with Crippen LogP contribution in [-0.2, 0) is 11.2 Å². The van der Waals surface area contributed by atoms with Crippen molar-refractivity contribution in [2.75, 3.05) is 33.6 Å². The summed E-state index contributed by atoms with van der Waals surface area (Å²) < 4.78 is 26.6. The van der Waals surface area contributed by atoms with Crippen LogP contribution in [0.25, 0.3) is 16.6 Å². The number of thioether (sulfide) groups is 1. The smallest absolute Gasteiger partial charge is 0.266 e. The summed E-state index contributed by atoms with van der Waals surface area (Å²) in [6.45, 7) is 0.570. The number of rotatable bonds is 11. The van der Waals surface area contributed by atoms with Crippen LogP contribution in [0.4, 0.5) is 4.39 Å². The fourth-order valence-corrected chi connectivity index (χ4v) is 5.03. The molecule has 0 aliphatic heterocycles. The number of methoxy groups -OCH3 is 2. The van der Waals surface area contributed by atoms with Crippen molar-refractivity contribution >= 4 is 28.6 Å². The summed E-state index contributed by atoms with van der Waals surface area (Å²) >= 11 is 1.34. The second-order valence-electron chi connectivity index (χ2n) is 8.71. The molecule has 1 amide bonds. The van der Waals surface area contributed by atoms with E-state index in [1.165, 1.54) is 22.4 Å². The Kier molecular flexibility index (Phi) is 9.02. The number of benzene rings is 3. The van der Waals surface area contributed by atoms with Crippen molar-refractivity contribution in [3.8, 4) is 17.2 Å². The highest BCUT2D eigenvalue weighted by molar-refractivity contribution is 7.99. The molecule has 9 heteroatoms. The van der Waals surface area contributed by atoms with Gasteiger partial charge in [0.25, 0.3) is 5.56 Å². The number of carbonyl (C=O) groups is 1. The van der Waals surface area contributed by atoms with Crippen LogP contribution in [0.15, 0.2) is 76.7 Å². The monoisotopic (exact) mass is 535 g/mol. The average molecular weight is 536 g/mol. The molecule has 38 heavy (non-hydrogen) atoms. The van der Waals surface area contributed by atoms with Crippen molar-refractivity contribution in [3.05, 3.63) is 88.5 Å². The van der Waals surface area contributed by atoms with E-state index in [1.54, 1.807) is 62.6 Å². The molecule has 0 unspecified atom stereocenters. The van der Waals surface area contributed by atoms with Gasteiger partial charge in [0.05, 0.1) is 30.8 Å². The maximum absolute atomic E-state index is 14.6. The molecule has 0 radical (unpaired) electrons. The number of nitrogens with zero attached hydrogens (tertiary/aromatic N) is 3. The highest BCUT2D eigenvalue weighted by atomic mass is 32.2. The largest absolute Gasteiger partial charge is 0.493 e. The maximum Gasteiger partial charge on any atom is 0.266 e. The van der Waals surface area contributed by atoms with Crippen molar-refractivity contribution in [2.24, 2.45) is 0 Å². The molecule has 0 aliphatic rings. The minimum Gasteiger partial charge on any atom is -0.493 e. The fraction of sp³-hybridized carbons (Fsp3) is 0.276. The third-order valence-electron chi connectivity index (χ3n) is 6.21. The molecule has 0 saturated carbocycles. The first-order chi connectivity index (χ1) is 18.4. The lowest BCUT2D eigenvalue weighted by molar-refractivity contribution is -0.129. The molecule has 4 aromatic rings. The van der Waals surface area contributed by atoms with Crippen LogP contribution in [0.3, 0.4) is 0 Å². The number of para-hydroxylation sites is 2. The number of aromatic nitrogens is 2. The summed E-state index contributed by atoms with van der Waals surface area (Å²) in [5, 5.41) is 0.819. The maximum atomic E-state index is 14.6. The molecule has 4 rings (SSSR count). The molecule has 198 valence electrons. The van der Waals surface area contributed by atoms with Gasteiger partial charge in [-0.1, -0.05) is 42.1 Å². The Morgan fingerprint density at radius 2 is 1.76 bits per heavy atom. The van der Waals surface area contributed by atoms with E-state index >= 15 is 0 Å². The summed E-state index contributed by atoms with van der Waals surface area (Å²) in [6.07, 6.45) is 1.63. The zero-order valence-corrected chi connectivity index (χ0v) is 22.5. The quantitative estimate of drug-likeness (QED) is 0.151. The van der Waals surface area contributed by atoms with Crippen LogP contribution in [0.1, 0.15) is 18.4 Å². The van der Waals surface area contributed by atoms with E-state index in [2.05, 4.69) is 4.98 Å². The van der Waals surface area contributed by atoms with Gasteiger partial charge in [-0.15, -0.1) is 0 Å². The first-order valence-electron chi connectivity index (χ1n) is 12.3. The first kappa shape index (κ1) is 27.2. The van der Waals surface area contributed by atoms with Crippen LogP contribution in [-0.4, -0.2) is 53.9 Å². The third-order valence-corrected chi connectivity index (χ3v) is 7.24. The standard InChI is InChI=1S/C29H30FN3O4S/c1-32(17-16-20-14-15-25(36-2)26(19-20)37-3)27(34)13-8-18-38-29-31-23-11-6-4-9-21(23)28(35)33(29)24-12-7-5-10-22(24)30/h4-7,9-12,14-15,19H,8,13,16-18H2,1-3H3. The average Bonchev–Trinajstić information content (AvgIpc) is 2.94. The van der Waals surface area contributed by atoms with Crippen molar-refractivity contribution in [3.63, 3.8) is 0 Å². The SMILES string of the molecule is COc1ccc(CCN(C)C(=O)CCCSc2nc3ccccc3c(=O)n2-c2ccccc2F)cc1OC. The van der Waals surface area contributed by atoms with Gasteiger partial charge in [0.1, 0.15) is 5.82 Å². The van der Waals surface area contributed by atoms with Crippen molar-refractivity contribution in [1.29, 1.82) is 0 Å². The molecule has 0 aliphatic carbocycles. The van der Waals surface area contributed by atoms with Crippen LogP contribution in [0.2, 0.25) is 0 Å². The number of carbonyl (C=O) groups excluding carboxylic acids is 1. The lowest BCUT2D eigenvalue weighted by Crippen LogP contribution is -2.28. The van der Waals surface area contributed by atoms with Gasteiger partial charge in [0.15, 0.2) is 16.7 Å². The van der Waals surface area contributed by atoms with Gasteiger partial charge < -0.3 is 14.4 Å². The first-order valence-corrected chi connectivity index (χ1v) is 13.3. The van der Waals surface area contributed by atoms with E-state index in [9.17, 15) is 14.0 Å². The van der Waals surface area contributed by atoms with E-state index < -0.39 is 5.82 Å². The molecule has 7 nitrogen and oxygen atoms in total. The minimum absolute atomic E-state index is 0.0315. The number of amides is 1. The molecule has 0 fully saturated rings. The zero-order valence-electron chi connectivity index (χ0n) is 21.6. The molecule has 0 atom stereocenters. The van der Waals surface area contributed by atoms with Crippen LogP contribution < -0.4 is 15.0 Å². The number of hydrogen-bond donors (Lipinski definition) is 0. The molecular weight excluding hydrogens is 505 g/mol. The van der Waals surface area contributed by atoms with Gasteiger partial charge in [-0.05, 0) is 54.8 Å². The normalized spacial score (nSPS) is 10.9. The molecular formula is C29H30FN3O4S. The Morgan fingerprint density at radius 1 is 1.03 bits per heavy atom. The van der Waals surface area contributed by atoms with Crippen molar-refractivity contribution in [2.45, 2.75) is 24.4 Å².